The Hall–Kier alpha value is -1.42. The second-order valence-corrected chi connectivity index (χ2v) is 16.0. The van der Waals surface area contributed by atoms with Crippen molar-refractivity contribution in [2.45, 2.75) is 129 Å². The van der Waals surface area contributed by atoms with Gasteiger partial charge in [0.2, 0.25) is 5.91 Å². The fourth-order valence-corrected chi connectivity index (χ4v) is 10.0. The number of aliphatic hydroxyl groups excluding tert-OH is 2. The summed E-state index contributed by atoms with van der Waals surface area (Å²) in [5.74, 6) is -0.423. The van der Waals surface area contributed by atoms with Crippen LogP contribution in [-0.2, 0) is 19.1 Å². The van der Waals surface area contributed by atoms with Crippen LogP contribution in [0, 0.1) is 39.9 Å². The number of aliphatic hydroxyl groups is 2. The van der Waals surface area contributed by atoms with E-state index in [1.165, 1.54) is 11.8 Å². The van der Waals surface area contributed by atoms with Gasteiger partial charge >= 0.3 is 5.97 Å². The van der Waals surface area contributed by atoms with Crippen LogP contribution in [0.5, 0.6) is 0 Å². The molecule has 0 aliphatic heterocycles. The summed E-state index contributed by atoms with van der Waals surface area (Å²) >= 11 is 1.36. The van der Waals surface area contributed by atoms with Crippen LogP contribution >= 0.6 is 11.8 Å². The Bertz CT molecular complexity index is 1050. The number of ketones is 1. The normalized spacial score (nSPS) is 44.5. The maximum atomic E-state index is 13.6. The number of hydrogen-bond acceptors (Lipinski definition) is 8. The predicted octanol–water partition coefficient (Wildman–Crippen LogP) is 4.01. The number of carbonyl (C=O) groups excluding carboxylic acids is 3. The third-order valence-electron chi connectivity index (χ3n) is 12.1. The van der Waals surface area contributed by atoms with Crippen molar-refractivity contribution in [3.05, 3.63) is 12.7 Å². The molecule has 4 aliphatic rings. The number of carbonyl (C=O) groups is 3. The monoisotopic (exact) mass is 606 g/mol. The van der Waals surface area contributed by atoms with Gasteiger partial charge in [0, 0.05) is 34.5 Å². The van der Waals surface area contributed by atoms with Gasteiger partial charge in [-0.15, -0.1) is 18.3 Å². The van der Waals surface area contributed by atoms with E-state index in [4.69, 9.17) is 10.5 Å². The first-order chi connectivity index (χ1) is 19.6. The molecular formula is C33H54N2O6S. The highest BCUT2D eigenvalue weighted by atomic mass is 32.2. The summed E-state index contributed by atoms with van der Waals surface area (Å²) < 4.78 is 6.36. The third-order valence-corrected chi connectivity index (χ3v) is 13.5. The van der Waals surface area contributed by atoms with Crippen LogP contribution in [0.1, 0.15) is 92.9 Å². The first-order valence-electron chi connectivity index (χ1n) is 16.0. The van der Waals surface area contributed by atoms with Gasteiger partial charge in [-0.1, -0.05) is 47.6 Å². The predicted molar refractivity (Wildman–Crippen MR) is 165 cm³/mol. The summed E-state index contributed by atoms with van der Waals surface area (Å²) in [6.07, 6.45) is 5.19. The van der Waals surface area contributed by atoms with Gasteiger partial charge in [0.1, 0.15) is 11.9 Å². The zero-order valence-electron chi connectivity index (χ0n) is 26.4. The summed E-state index contributed by atoms with van der Waals surface area (Å²) in [6.45, 7) is 16.3. The summed E-state index contributed by atoms with van der Waals surface area (Å²) in [5, 5.41) is 25.2. The molecule has 42 heavy (non-hydrogen) atoms. The van der Waals surface area contributed by atoms with Gasteiger partial charge in [-0.2, -0.15) is 0 Å². The Morgan fingerprint density at radius 2 is 1.88 bits per heavy atom. The minimum absolute atomic E-state index is 0.0260. The second-order valence-electron chi connectivity index (χ2n) is 14.8. The smallest absolute Gasteiger partial charge is 0.316 e. The quantitative estimate of drug-likeness (QED) is 0.240. The molecule has 0 saturated heterocycles. The molecule has 8 nitrogen and oxygen atoms in total. The second kappa shape index (κ2) is 12.5. The molecule has 4 fully saturated rings. The van der Waals surface area contributed by atoms with Crippen LogP contribution in [0.4, 0.5) is 0 Å². The molecule has 238 valence electrons. The Labute approximate surface area is 256 Å². The summed E-state index contributed by atoms with van der Waals surface area (Å²) in [6, 6.07) is -0.691. The highest BCUT2D eigenvalue weighted by Gasteiger charge is 2.68. The van der Waals surface area contributed by atoms with Crippen molar-refractivity contribution in [3.63, 3.8) is 0 Å². The maximum Gasteiger partial charge on any atom is 0.316 e. The minimum Gasteiger partial charge on any atom is -0.461 e. The van der Waals surface area contributed by atoms with E-state index in [2.05, 4.69) is 32.7 Å². The topological polar surface area (TPSA) is 139 Å². The molecule has 0 radical (unpaired) electrons. The lowest BCUT2D eigenvalue weighted by atomic mass is 9.44. The Kier molecular flexibility index (Phi) is 9.98. The van der Waals surface area contributed by atoms with Crippen molar-refractivity contribution < 1.29 is 29.3 Å². The summed E-state index contributed by atoms with van der Waals surface area (Å²) in [4.78, 5) is 39.6. The highest BCUT2D eigenvalue weighted by molar-refractivity contribution is 8.00. The number of nitrogens with one attached hydrogen (secondary N) is 1. The molecule has 2 unspecified atom stereocenters. The Balaban J connectivity index is 1.51. The fraction of sp³-hybridized carbons (Fsp3) is 0.848. The zero-order valence-corrected chi connectivity index (χ0v) is 27.3. The lowest BCUT2D eigenvalue weighted by Gasteiger charge is -2.61. The molecule has 0 aromatic carbocycles. The molecule has 0 spiro atoms. The van der Waals surface area contributed by atoms with Gasteiger partial charge in [0.15, 0.2) is 0 Å². The van der Waals surface area contributed by atoms with E-state index in [9.17, 15) is 24.6 Å². The van der Waals surface area contributed by atoms with Gasteiger partial charge in [0.05, 0.1) is 24.0 Å². The lowest BCUT2D eigenvalue weighted by Crippen LogP contribution is -2.63. The Morgan fingerprint density at radius 1 is 1.19 bits per heavy atom. The van der Waals surface area contributed by atoms with E-state index in [-0.39, 0.29) is 63.8 Å². The molecule has 0 aromatic heterocycles. The SMILES string of the molecule is C=C[C@]1(C)C[C@@H](OC(=O)CS[C@@H]2C[C@H](NC(=O)[C@@H](N)C(C)C)CC[C@@H]2O)[C@]2(C)C(C)CCC3(CCC(=O)[C@H]32)[C@@H](C)[C@@H]1O. The van der Waals surface area contributed by atoms with Crippen LogP contribution in [0.15, 0.2) is 12.7 Å². The van der Waals surface area contributed by atoms with Crippen LogP contribution in [-0.4, -0.2) is 69.3 Å². The van der Waals surface area contributed by atoms with E-state index < -0.39 is 35.2 Å². The van der Waals surface area contributed by atoms with Gasteiger partial charge in [0.25, 0.3) is 0 Å². The standard InChI is InChI=1S/C33H54N2O6S/c1-8-31(6)16-25(32(7)19(4)11-13-33(20(5)29(31)39)14-12-23(37)28(32)33)41-26(38)17-42-24-15-21(9-10-22(24)36)35-30(40)27(34)18(2)3/h8,18-22,24-25,27-29,36,39H,1,9-17,34H2,2-7H3,(H,35,40)/t19?,20-,21+,22-,24+,25+,27-,28-,29-,31+,32-,33?/m0/s1. The number of thioether (sulfide) groups is 1. The molecule has 4 saturated carbocycles. The molecular weight excluding hydrogens is 552 g/mol. The maximum absolute atomic E-state index is 13.6. The molecule has 2 bridgehead atoms. The van der Waals surface area contributed by atoms with Gasteiger partial charge in [-0.05, 0) is 68.1 Å². The largest absolute Gasteiger partial charge is 0.461 e. The molecule has 12 atom stereocenters. The average Bonchev–Trinajstić information content (AvgIpc) is 3.31. The van der Waals surface area contributed by atoms with E-state index in [0.29, 0.717) is 32.1 Å². The molecule has 4 aliphatic carbocycles. The fourth-order valence-electron chi connectivity index (χ4n) is 8.89. The van der Waals surface area contributed by atoms with Crippen molar-refractivity contribution in [2.75, 3.05) is 5.75 Å². The highest BCUT2D eigenvalue weighted by Crippen LogP contribution is 2.68. The van der Waals surface area contributed by atoms with Gasteiger partial charge < -0.3 is 26.0 Å². The number of Topliss-reactive ketones (excluding diaryl/α,β-unsaturated/α-hetero) is 1. The lowest BCUT2D eigenvalue weighted by molar-refractivity contribution is -0.205. The summed E-state index contributed by atoms with van der Waals surface area (Å²) in [5.41, 5.74) is 4.47. The van der Waals surface area contributed by atoms with Crippen molar-refractivity contribution in [3.8, 4) is 0 Å². The summed E-state index contributed by atoms with van der Waals surface area (Å²) in [7, 11) is 0. The molecule has 0 aromatic rings. The van der Waals surface area contributed by atoms with Gasteiger partial charge in [-0.25, -0.2) is 0 Å². The van der Waals surface area contributed by atoms with Crippen LogP contribution < -0.4 is 11.1 Å². The van der Waals surface area contributed by atoms with Crippen molar-refractivity contribution in [2.24, 2.45) is 45.7 Å². The molecule has 5 N–H and O–H groups in total. The zero-order chi connectivity index (χ0) is 31.2. The third kappa shape index (κ3) is 5.84. The van der Waals surface area contributed by atoms with E-state index >= 15 is 0 Å². The van der Waals surface area contributed by atoms with E-state index in [1.54, 1.807) is 6.08 Å². The number of rotatable bonds is 8. The molecule has 9 heteroatoms. The van der Waals surface area contributed by atoms with Crippen LogP contribution in [0.2, 0.25) is 0 Å². The number of ether oxygens (including phenoxy) is 1. The number of nitrogens with two attached hydrogens (primary N) is 1. The number of hydrogen-bond donors (Lipinski definition) is 4. The average molecular weight is 607 g/mol. The molecule has 4 rings (SSSR count). The van der Waals surface area contributed by atoms with Crippen molar-refractivity contribution in [1.82, 2.24) is 5.32 Å². The number of amides is 1. The van der Waals surface area contributed by atoms with Crippen molar-refractivity contribution >= 4 is 29.4 Å². The van der Waals surface area contributed by atoms with E-state index in [0.717, 1.165) is 19.3 Å². The minimum atomic E-state index is -0.703. The first-order valence-corrected chi connectivity index (χ1v) is 17.0. The van der Waals surface area contributed by atoms with Gasteiger partial charge in [-0.3, -0.25) is 14.4 Å². The molecule has 1 amide bonds. The van der Waals surface area contributed by atoms with Crippen LogP contribution in [0.3, 0.4) is 0 Å². The first kappa shape index (κ1) is 33.5. The Morgan fingerprint density at radius 3 is 2.52 bits per heavy atom. The van der Waals surface area contributed by atoms with Crippen molar-refractivity contribution in [1.29, 1.82) is 0 Å². The number of esters is 1. The van der Waals surface area contributed by atoms with E-state index in [1.807, 2.05) is 20.8 Å². The molecule has 0 heterocycles. The van der Waals surface area contributed by atoms with Crippen LogP contribution in [0.25, 0.3) is 0 Å².